The van der Waals surface area contributed by atoms with Crippen molar-refractivity contribution in [3.05, 3.63) is 70.9 Å². The van der Waals surface area contributed by atoms with Gasteiger partial charge in [-0.15, -0.1) is 0 Å². The fraction of sp³-hybridized carbons (Fsp3) is 0.250. The lowest BCUT2D eigenvalue weighted by atomic mass is 10.2. The summed E-state index contributed by atoms with van der Waals surface area (Å²) in [6, 6.07) is 11.3. The Hall–Kier alpha value is -2.31. The average Bonchev–Trinajstić information content (AvgIpc) is 3.03. The van der Waals surface area contributed by atoms with Crippen LogP contribution in [-0.4, -0.2) is 20.9 Å². The molecular formula is C20H20ClN3O2S. The molecule has 0 fully saturated rings. The van der Waals surface area contributed by atoms with Crippen LogP contribution in [0.5, 0.6) is 0 Å². The Morgan fingerprint density at radius 2 is 2.15 bits per heavy atom. The standard InChI is InChI=1S/C20H20ClN3O2S/c1-13(2)19-20(27-16-7-3-6-15(21)9-16)24-17(23-19)10-18(25)26-12-14-5-4-8-22-11-14/h3-9,11,13H,10,12H2,1-2H3,(H,23,24). The highest BCUT2D eigenvalue weighted by atomic mass is 35.5. The summed E-state index contributed by atoms with van der Waals surface area (Å²) in [5, 5.41) is 1.53. The summed E-state index contributed by atoms with van der Waals surface area (Å²) in [4.78, 5) is 25.0. The Morgan fingerprint density at radius 3 is 2.85 bits per heavy atom. The first-order chi connectivity index (χ1) is 13.0. The van der Waals surface area contributed by atoms with E-state index in [1.54, 1.807) is 12.4 Å². The molecule has 1 N–H and O–H groups in total. The van der Waals surface area contributed by atoms with Crippen molar-refractivity contribution in [2.75, 3.05) is 0 Å². The summed E-state index contributed by atoms with van der Waals surface area (Å²) in [6.07, 6.45) is 3.45. The third-order valence-electron chi connectivity index (χ3n) is 3.77. The lowest BCUT2D eigenvalue weighted by Gasteiger charge is -2.05. The molecular weight excluding hydrogens is 382 g/mol. The normalized spacial score (nSPS) is 11.0. The Kier molecular flexibility index (Phi) is 6.53. The molecule has 27 heavy (non-hydrogen) atoms. The zero-order valence-electron chi connectivity index (χ0n) is 15.1. The van der Waals surface area contributed by atoms with Crippen molar-refractivity contribution in [1.82, 2.24) is 15.0 Å². The molecule has 2 aromatic heterocycles. The van der Waals surface area contributed by atoms with Gasteiger partial charge in [0.2, 0.25) is 0 Å². The van der Waals surface area contributed by atoms with Crippen LogP contribution in [0.2, 0.25) is 5.02 Å². The maximum Gasteiger partial charge on any atom is 0.313 e. The third kappa shape index (κ3) is 5.58. The van der Waals surface area contributed by atoms with Gasteiger partial charge < -0.3 is 9.72 Å². The fourth-order valence-electron chi connectivity index (χ4n) is 2.45. The molecule has 0 unspecified atom stereocenters. The first-order valence-corrected chi connectivity index (χ1v) is 9.77. The van der Waals surface area contributed by atoms with E-state index in [2.05, 4.69) is 28.8 Å². The zero-order chi connectivity index (χ0) is 19.2. The number of pyridine rings is 1. The van der Waals surface area contributed by atoms with Crippen LogP contribution >= 0.6 is 23.4 Å². The lowest BCUT2D eigenvalue weighted by molar-refractivity contribution is -0.144. The topological polar surface area (TPSA) is 67.9 Å². The van der Waals surface area contributed by atoms with Crippen molar-refractivity contribution in [2.45, 2.75) is 42.7 Å². The van der Waals surface area contributed by atoms with Gasteiger partial charge in [-0.25, -0.2) is 4.98 Å². The molecule has 7 heteroatoms. The van der Waals surface area contributed by atoms with Crippen molar-refractivity contribution in [3.8, 4) is 0 Å². The molecule has 0 aliphatic heterocycles. The van der Waals surface area contributed by atoms with Crippen molar-refractivity contribution in [3.63, 3.8) is 0 Å². The second-order valence-corrected chi connectivity index (χ2v) is 7.81. The van der Waals surface area contributed by atoms with Crippen molar-refractivity contribution < 1.29 is 9.53 Å². The zero-order valence-corrected chi connectivity index (χ0v) is 16.7. The lowest BCUT2D eigenvalue weighted by Crippen LogP contribution is -2.09. The van der Waals surface area contributed by atoms with Crippen LogP contribution < -0.4 is 0 Å². The maximum atomic E-state index is 12.2. The van der Waals surface area contributed by atoms with Gasteiger partial charge in [0.1, 0.15) is 23.9 Å². The van der Waals surface area contributed by atoms with E-state index in [1.165, 1.54) is 11.8 Å². The number of carbonyl (C=O) groups is 1. The molecule has 2 heterocycles. The number of hydrogen-bond donors (Lipinski definition) is 1. The molecule has 0 amide bonds. The number of aromatic amines is 1. The van der Waals surface area contributed by atoms with E-state index < -0.39 is 0 Å². The number of imidazole rings is 1. The minimum absolute atomic E-state index is 0.0933. The number of ether oxygens (including phenoxy) is 1. The molecule has 3 aromatic rings. The van der Waals surface area contributed by atoms with E-state index in [4.69, 9.17) is 16.3 Å². The number of H-pyrrole nitrogens is 1. The van der Waals surface area contributed by atoms with Crippen LogP contribution in [0.4, 0.5) is 0 Å². The summed E-state index contributed by atoms with van der Waals surface area (Å²) in [7, 11) is 0. The van der Waals surface area contributed by atoms with E-state index in [0.717, 1.165) is 21.2 Å². The number of nitrogens with one attached hydrogen (secondary N) is 1. The van der Waals surface area contributed by atoms with Gasteiger partial charge in [-0.1, -0.05) is 49.3 Å². The number of rotatable bonds is 7. The Labute approximate surface area is 167 Å². The van der Waals surface area contributed by atoms with Gasteiger partial charge in [-0.3, -0.25) is 9.78 Å². The number of carbonyl (C=O) groups excluding carboxylic acids is 1. The molecule has 3 rings (SSSR count). The van der Waals surface area contributed by atoms with Gasteiger partial charge in [0, 0.05) is 27.9 Å². The Bertz CT molecular complexity index is 913. The summed E-state index contributed by atoms with van der Waals surface area (Å²) >= 11 is 7.59. The van der Waals surface area contributed by atoms with E-state index in [0.29, 0.717) is 10.8 Å². The van der Waals surface area contributed by atoms with Gasteiger partial charge >= 0.3 is 5.97 Å². The van der Waals surface area contributed by atoms with Gasteiger partial charge in [-0.2, -0.15) is 0 Å². The molecule has 1 aromatic carbocycles. The van der Waals surface area contributed by atoms with Gasteiger partial charge in [-0.05, 0) is 30.2 Å². The molecule has 140 valence electrons. The molecule has 0 spiro atoms. The fourth-order valence-corrected chi connectivity index (χ4v) is 3.81. The monoisotopic (exact) mass is 401 g/mol. The molecule has 0 saturated heterocycles. The van der Waals surface area contributed by atoms with Crippen LogP contribution in [0.3, 0.4) is 0 Å². The van der Waals surface area contributed by atoms with Crippen molar-refractivity contribution in [2.24, 2.45) is 0 Å². The molecule has 0 atom stereocenters. The Morgan fingerprint density at radius 1 is 1.30 bits per heavy atom. The minimum Gasteiger partial charge on any atom is -0.460 e. The first-order valence-electron chi connectivity index (χ1n) is 8.58. The van der Waals surface area contributed by atoms with Gasteiger partial charge in [0.05, 0.1) is 5.69 Å². The quantitative estimate of drug-likeness (QED) is 0.563. The number of nitrogens with zero attached hydrogens (tertiary/aromatic N) is 2. The van der Waals surface area contributed by atoms with Gasteiger partial charge in [0.15, 0.2) is 0 Å². The number of hydrogen-bond acceptors (Lipinski definition) is 5. The summed E-state index contributed by atoms with van der Waals surface area (Å²) in [6.45, 7) is 4.37. The van der Waals surface area contributed by atoms with E-state index in [1.807, 2.05) is 36.4 Å². The largest absolute Gasteiger partial charge is 0.460 e. The molecule has 0 radical (unpaired) electrons. The van der Waals surface area contributed by atoms with E-state index in [-0.39, 0.29) is 24.9 Å². The summed E-state index contributed by atoms with van der Waals surface area (Å²) in [5.41, 5.74) is 1.85. The summed E-state index contributed by atoms with van der Waals surface area (Å²) in [5.74, 6) is 0.515. The highest BCUT2D eigenvalue weighted by molar-refractivity contribution is 7.99. The van der Waals surface area contributed by atoms with Crippen LogP contribution in [0.15, 0.2) is 58.7 Å². The molecule has 5 nitrogen and oxygen atoms in total. The van der Waals surface area contributed by atoms with Crippen LogP contribution in [0.25, 0.3) is 0 Å². The SMILES string of the molecule is CC(C)c1[nH]c(CC(=O)OCc2cccnc2)nc1Sc1cccc(Cl)c1. The Balaban J connectivity index is 1.68. The van der Waals surface area contributed by atoms with E-state index >= 15 is 0 Å². The smallest absolute Gasteiger partial charge is 0.313 e. The second-order valence-electron chi connectivity index (χ2n) is 6.32. The van der Waals surface area contributed by atoms with Crippen molar-refractivity contribution >= 4 is 29.3 Å². The predicted molar refractivity (Wildman–Crippen MR) is 106 cm³/mol. The molecule has 0 aliphatic carbocycles. The maximum absolute atomic E-state index is 12.2. The van der Waals surface area contributed by atoms with Crippen LogP contribution in [0.1, 0.15) is 36.8 Å². The summed E-state index contributed by atoms with van der Waals surface area (Å²) < 4.78 is 5.31. The van der Waals surface area contributed by atoms with Crippen molar-refractivity contribution in [1.29, 1.82) is 0 Å². The number of esters is 1. The molecule has 0 saturated carbocycles. The molecule has 0 aliphatic rings. The molecule has 0 bridgehead atoms. The predicted octanol–water partition coefficient (Wildman–Crippen LogP) is 5.02. The highest BCUT2D eigenvalue weighted by Crippen LogP contribution is 2.33. The van der Waals surface area contributed by atoms with E-state index in [9.17, 15) is 4.79 Å². The number of benzene rings is 1. The second kappa shape index (κ2) is 9.06. The first kappa shape index (κ1) is 19.5. The van der Waals surface area contributed by atoms with Crippen LogP contribution in [-0.2, 0) is 22.6 Å². The average molecular weight is 402 g/mol. The number of aromatic nitrogens is 3. The number of halogens is 1. The highest BCUT2D eigenvalue weighted by Gasteiger charge is 2.17. The van der Waals surface area contributed by atoms with Crippen LogP contribution in [0, 0.1) is 0 Å². The third-order valence-corrected chi connectivity index (χ3v) is 5.00. The van der Waals surface area contributed by atoms with Gasteiger partial charge in [0.25, 0.3) is 0 Å². The minimum atomic E-state index is -0.331.